The molecule has 0 radical (unpaired) electrons. The highest BCUT2D eigenvalue weighted by molar-refractivity contribution is 5.71. The van der Waals surface area contributed by atoms with Crippen LogP contribution in [0.25, 0.3) is 11.2 Å². The summed E-state index contributed by atoms with van der Waals surface area (Å²) in [5.74, 6) is -5.00. The summed E-state index contributed by atoms with van der Waals surface area (Å²) in [7, 11) is 0. The molecular weight excluding hydrogens is 652 g/mol. The van der Waals surface area contributed by atoms with Gasteiger partial charge in [0.1, 0.15) is 25.4 Å². The van der Waals surface area contributed by atoms with Gasteiger partial charge in [-0.1, -0.05) is 0 Å². The second kappa shape index (κ2) is 14.2. The third-order valence-corrected chi connectivity index (χ3v) is 6.99. The number of hydrogen-bond acceptors (Lipinski definition) is 17. The molecule has 2 aromatic heterocycles. The van der Waals surface area contributed by atoms with E-state index < -0.39 is 126 Å². The number of nitrogens with one attached hydrogen (secondary N) is 2. The minimum Gasteiger partial charge on any atom is -0.463 e. The molecule has 21 nitrogen and oxygen atoms in total. The molecule has 2 aliphatic rings. The number of carbonyl (C=O) groups excluding carboxylic acids is 6. The van der Waals surface area contributed by atoms with Gasteiger partial charge in [0.2, 0.25) is 0 Å². The molecule has 8 atom stereocenters. The van der Waals surface area contributed by atoms with Gasteiger partial charge >= 0.3 is 47.2 Å². The summed E-state index contributed by atoms with van der Waals surface area (Å²) in [6.07, 6.45) is -12.1. The standard InChI is InChI=1S/C27H32N4O17/c1-9(32)41-7-15-18(43-11(3)34)20(45-13(5)36)24(47-15)30-17-22(28-26(30)39)31(27(40)29-23(17)38)25-21(46-14(6)37)19(44-12(4)35)16(48-25)8-42-10(2)33/h15-16,18-21,24-25H,7-8H2,1-6H3,(H,28,39)(H,29,38,40)/t15-,16+,18+,19-,20+,21-,24-,25+/m0/s1. The van der Waals surface area contributed by atoms with Gasteiger partial charge in [-0.05, 0) is 0 Å². The summed E-state index contributed by atoms with van der Waals surface area (Å²) in [6, 6.07) is 0. The Bertz CT molecular complexity index is 1800. The van der Waals surface area contributed by atoms with Gasteiger partial charge in [0.25, 0.3) is 5.56 Å². The number of rotatable bonds is 10. The third-order valence-electron chi connectivity index (χ3n) is 6.99. The lowest BCUT2D eigenvalue weighted by Gasteiger charge is -2.24. The average molecular weight is 685 g/mol. The maximum atomic E-state index is 13.6. The highest BCUT2D eigenvalue weighted by Crippen LogP contribution is 2.37. The smallest absolute Gasteiger partial charge is 0.332 e. The van der Waals surface area contributed by atoms with Crippen LogP contribution >= 0.6 is 0 Å². The number of carbonyl (C=O) groups is 6. The monoisotopic (exact) mass is 684 g/mol. The average Bonchev–Trinajstić information content (AvgIpc) is 3.57. The first-order chi connectivity index (χ1) is 22.5. The molecule has 0 bridgehead atoms. The maximum absolute atomic E-state index is 13.6. The predicted octanol–water partition coefficient (Wildman–Crippen LogP) is -2.17. The number of imidazole rings is 1. The van der Waals surface area contributed by atoms with Crippen molar-refractivity contribution in [3.05, 3.63) is 31.3 Å². The van der Waals surface area contributed by atoms with Crippen LogP contribution in [-0.4, -0.2) is 105 Å². The summed E-state index contributed by atoms with van der Waals surface area (Å²) in [5.41, 5.74) is -4.57. The quantitative estimate of drug-likeness (QED) is 0.199. The van der Waals surface area contributed by atoms with Crippen LogP contribution < -0.4 is 16.9 Å². The molecule has 2 saturated heterocycles. The number of aromatic nitrogens is 4. The Kier molecular flexibility index (Phi) is 10.5. The molecule has 4 rings (SSSR count). The number of ether oxygens (including phenoxy) is 8. The van der Waals surface area contributed by atoms with E-state index in [4.69, 9.17) is 37.9 Å². The first-order valence-corrected chi connectivity index (χ1v) is 14.3. The Morgan fingerprint density at radius 1 is 0.562 bits per heavy atom. The summed E-state index contributed by atoms with van der Waals surface area (Å²) in [6.45, 7) is 5.26. The van der Waals surface area contributed by atoms with E-state index in [1.54, 1.807) is 0 Å². The van der Waals surface area contributed by atoms with Gasteiger partial charge in [-0.3, -0.25) is 48.1 Å². The number of H-pyrrole nitrogens is 2. The zero-order valence-corrected chi connectivity index (χ0v) is 26.4. The molecule has 262 valence electrons. The minimum atomic E-state index is -1.72. The van der Waals surface area contributed by atoms with E-state index in [1.165, 1.54) is 0 Å². The zero-order chi connectivity index (χ0) is 35.6. The summed E-state index contributed by atoms with van der Waals surface area (Å²) in [4.78, 5) is 116. The Hall–Kier alpha value is -5.31. The molecule has 21 heteroatoms. The van der Waals surface area contributed by atoms with Crippen LogP contribution in [0.1, 0.15) is 54.0 Å². The first kappa shape index (κ1) is 35.5. The normalized spacial score (nSPS) is 26.5. The Morgan fingerprint density at radius 2 is 0.938 bits per heavy atom. The van der Waals surface area contributed by atoms with E-state index in [-0.39, 0.29) is 0 Å². The largest absolute Gasteiger partial charge is 0.463 e. The van der Waals surface area contributed by atoms with Crippen molar-refractivity contribution in [1.82, 2.24) is 19.1 Å². The topological polar surface area (TPSA) is 269 Å². The lowest BCUT2D eigenvalue weighted by Crippen LogP contribution is -2.43. The molecule has 0 spiro atoms. The van der Waals surface area contributed by atoms with Gasteiger partial charge < -0.3 is 37.9 Å². The molecule has 0 amide bonds. The molecule has 2 aliphatic heterocycles. The number of nitrogens with zero attached hydrogens (tertiary/aromatic N) is 2. The van der Waals surface area contributed by atoms with Crippen molar-refractivity contribution in [3.63, 3.8) is 0 Å². The fourth-order valence-electron chi connectivity index (χ4n) is 5.43. The van der Waals surface area contributed by atoms with E-state index in [2.05, 4.69) is 4.98 Å². The van der Waals surface area contributed by atoms with Gasteiger partial charge in [0.15, 0.2) is 48.0 Å². The van der Waals surface area contributed by atoms with Crippen molar-refractivity contribution in [2.45, 2.75) is 90.6 Å². The van der Waals surface area contributed by atoms with Crippen LogP contribution in [-0.2, 0) is 66.7 Å². The molecule has 4 heterocycles. The maximum Gasteiger partial charge on any atom is 0.332 e. The SMILES string of the molecule is CC(=O)OC[C@@H]1O[C@H](n2c(=O)[nH]c3c2c(=O)[nH]c(=O)n3[C@@H]2O[C@H](COC(C)=O)[C@H](OC(C)=O)[C@@H]2OC(C)=O)[C@H](OC(C)=O)[C@@H]1OC(C)=O. The number of esters is 6. The summed E-state index contributed by atoms with van der Waals surface area (Å²) < 4.78 is 44.5. The molecule has 2 aromatic rings. The summed E-state index contributed by atoms with van der Waals surface area (Å²) in [5, 5.41) is 0. The van der Waals surface area contributed by atoms with Gasteiger partial charge in [0, 0.05) is 41.5 Å². The number of fused-ring (bicyclic) bond motifs is 1. The third kappa shape index (κ3) is 7.46. The molecule has 0 saturated carbocycles. The molecule has 0 unspecified atom stereocenters. The Labute approximate surface area is 268 Å². The number of aromatic amines is 2. The fraction of sp³-hybridized carbons (Fsp3) is 0.593. The van der Waals surface area contributed by atoms with Crippen molar-refractivity contribution >= 4 is 47.0 Å². The molecule has 48 heavy (non-hydrogen) atoms. The van der Waals surface area contributed by atoms with Crippen molar-refractivity contribution in [2.24, 2.45) is 0 Å². The molecule has 2 fully saturated rings. The van der Waals surface area contributed by atoms with Gasteiger partial charge in [-0.15, -0.1) is 0 Å². The number of hydrogen-bond donors (Lipinski definition) is 2. The molecule has 2 N–H and O–H groups in total. The molecular formula is C27H32N4O17. The second-order valence-corrected chi connectivity index (χ2v) is 10.7. The van der Waals surface area contributed by atoms with Crippen LogP contribution in [0, 0.1) is 0 Å². The van der Waals surface area contributed by atoms with E-state index in [1.807, 2.05) is 4.98 Å². The minimum absolute atomic E-state index is 0.525. The predicted molar refractivity (Wildman–Crippen MR) is 151 cm³/mol. The fourth-order valence-corrected chi connectivity index (χ4v) is 5.43. The van der Waals surface area contributed by atoms with Crippen LogP contribution in [0.15, 0.2) is 14.4 Å². The summed E-state index contributed by atoms with van der Waals surface area (Å²) >= 11 is 0. The van der Waals surface area contributed by atoms with E-state index in [0.29, 0.717) is 9.13 Å². The van der Waals surface area contributed by atoms with Crippen molar-refractivity contribution in [2.75, 3.05) is 13.2 Å². The van der Waals surface area contributed by atoms with E-state index in [0.717, 1.165) is 41.5 Å². The van der Waals surface area contributed by atoms with Crippen LogP contribution in [0.2, 0.25) is 0 Å². The highest BCUT2D eigenvalue weighted by Gasteiger charge is 2.54. The first-order valence-electron chi connectivity index (χ1n) is 14.3. The van der Waals surface area contributed by atoms with Crippen molar-refractivity contribution < 1.29 is 66.7 Å². The zero-order valence-electron chi connectivity index (χ0n) is 26.4. The van der Waals surface area contributed by atoms with Crippen LogP contribution in [0.5, 0.6) is 0 Å². The van der Waals surface area contributed by atoms with E-state index in [9.17, 15) is 43.2 Å². The van der Waals surface area contributed by atoms with Crippen molar-refractivity contribution in [3.8, 4) is 0 Å². The van der Waals surface area contributed by atoms with Gasteiger partial charge in [-0.2, -0.15) is 0 Å². The van der Waals surface area contributed by atoms with E-state index >= 15 is 0 Å². The second-order valence-electron chi connectivity index (χ2n) is 10.7. The van der Waals surface area contributed by atoms with Gasteiger partial charge in [0.05, 0.1) is 0 Å². The Morgan fingerprint density at radius 3 is 1.33 bits per heavy atom. The van der Waals surface area contributed by atoms with Crippen LogP contribution in [0.3, 0.4) is 0 Å². The lowest BCUT2D eigenvalue weighted by atomic mass is 10.1. The highest BCUT2D eigenvalue weighted by atomic mass is 16.7. The van der Waals surface area contributed by atoms with Crippen LogP contribution in [0.4, 0.5) is 0 Å². The van der Waals surface area contributed by atoms with Gasteiger partial charge in [-0.25, -0.2) is 14.2 Å². The van der Waals surface area contributed by atoms with Crippen molar-refractivity contribution in [1.29, 1.82) is 0 Å². The lowest BCUT2D eigenvalue weighted by molar-refractivity contribution is -0.166. The molecule has 0 aromatic carbocycles. The molecule has 0 aliphatic carbocycles. The Balaban J connectivity index is 1.91.